The van der Waals surface area contributed by atoms with Gasteiger partial charge in [0.05, 0.1) is 0 Å². The first-order chi connectivity index (χ1) is 15.7. The largest absolute Gasteiger partial charge is 0.451 e. The lowest BCUT2D eigenvalue weighted by Crippen LogP contribution is -2.33. The minimum atomic E-state index is -0.372. The van der Waals surface area contributed by atoms with Crippen LogP contribution in [0.25, 0.3) is 0 Å². The molecule has 4 rings (SSSR count). The quantitative estimate of drug-likeness (QED) is 0.717. The van der Waals surface area contributed by atoms with Crippen molar-refractivity contribution < 1.29 is 14.3 Å². The zero-order valence-electron chi connectivity index (χ0n) is 20.5. The number of carbonyl (C=O) groups is 1. The Hall–Kier alpha value is -2.80. The zero-order valence-corrected chi connectivity index (χ0v) is 20.5. The Bertz CT molecular complexity index is 1110. The number of amides is 1. The highest BCUT2D eigenvalue weighted by atomic mass is 16.7. The number of benzene rings is 1. The third-order valence-electron chi connectivity index (χ3n) is 7.10. The summed E-state index contributed by atoms with van der Waals surface area (Å²) >= 11 is 0. The van der Waals surface area contributed by atoms with E-state index >= 15 is 0 Å². The lowest BCUT2D eigenvalue weighted by atomic mass is 9.78. The number of H-pyrrole nitrogens is 1. The first-order valence-corrected chi connectivity index (χ1v) is 11.8. The van der Waals surface area contributed by atoms with E-state index in [4.69, 9.17) is 9.47 Å². The number of carbonyl (C=O) groups excluding carboxylic acids is 1. The zero-order chi connectivity index (χ0) is 23.9. The molecule has 0 radical (unpaired) electrons. The molecule has 1 aliphatic carbocycles. The highest BCUT2D eigenvalue weighted by molar-refractivity contribution is 5.98. The van der Waals surface area contributed by atoms with Crippen molar-refractivity contribution in [2.75, 3.05) is 14.1 Å². The van der Waals surface area contributed by atoms with Gasteiger partial charge in [-0.3, -0.25) is 9.59 Å². The first-order valence-electron chi connectivity index (χ1n) is 11.8. The van der Waals surface area contributed by atoms with Crippen LogP contribution in [0.4, 0.5) is 0 Å². The molecule has 1 unspecified atom stereocenters. The van der Waals surface area contributed by atoms with E-state index < -0.39 is 0 Å². The molecule has 0 spiro atoms. The topological polar surface area (TPSA) is 83.7 Å². The highest BCUT2D eigenvalue weighted by Gasteiger charge is 2.33. The van der Waals surface area contributed by atoms with E-state index in [0.29, 0.717) is 28.7 Å². The van der Waals surface area contributed by atoms with Crippen LogP contribution in [0.3, 0.4) is 0 Å². The molecular formula is C26H35N3O4. The van der Waals surface area contributed by atoms with E-state index in [9.17, 15) is 9.59 Å². The molecule has 2 aliphatic rings. The summed E-state index contributed by atoms with van der Waals surface area (Å²) in [5.41, 5.74) is 4.57. The standard InChI is InChI=1S/C26H35N3O4/c1-14-11-15(2)28-25(30)21(14)13-27-26(31)23-16(3)24-22(32-17(4)33-24)12-20(23)18-7-9-19(10-8-18)29(5)6/h11-12,17-19H,7-10,13H2,1-6H3,(H,27,31)(H,28,30)/t17?,18-,19-. The van der Waals surface area contributed by atoms with Crippen molar-refractivity contribution in [3.8, 4) is 11.5 Å². The predicted octanol–water partition coefficient (Wildman–Crippen LogP) is 3.94. The van der Waals surface area contributed by atoms with Crippen molar-refractivity contribution in [3.63, 3.8) is 0 Å². The second-order valence-corrected chi connectivity index (χ2v) is 9.69. The van der Waals surface area contributed by atoms with Crippen molar-refractivity contribution in [1.82, 2.24) is 15.2 Å². The maximum Gasteiger partial charge on any atom is 0.253 e. The van der Waals surface area contributed by atoms with Gasteiger partial charge in [-0.2, -0.15) is 0 Å². The Balaban J connectivity index is 1.65. The molecule has 2 aromatic rings. The van der Waals surface area contributed by atoms with E-state index in [-0.39, 0.29) is 30.2 Å². The van der Waals surface area contributed by atoms with Crippen molar-refractivity contribution >= 4 is 5.91 Å². The second kappa shape index (κ2) is 9.21. The summed E-state index contributed by atoms with van der Waals surface area (Å²) in [5.74, 6) is 1.47. The number of nitrogens with one attached hydrogen (secondary N) is 2. The summed E-state index contributed by atoms with van der Waals surface area (Å²) in [6.45, 7) is 7.70. The number of fused-ring (bicyclic) bond motifs is 1. The van der Waals surface area contributed by atoms with Crippen molar-refractivity contribution in [3.05, 3.63) is 56.0 Å². The minimum Gasteiger partial charge on any atom is -0.451 e. The molecule has 1 amide bonds. The van der Waals surface area contributed by atoms with Crippen molar-refractivity contribution in [1.29, 1.82) is 0 Å². The van der Waals surface area contributed by atoms with Crippen LogP contribution in [-0.4, -0.2) is 42.2 Å². The fraction of sp³-hybridized carbons (Fsp3) is 0.538. The van der Waals surface area contributed by atoms with Gasteiger partial charge in [0.2, 0.25) is 6.29 Å². The number of aromatic amines is 1. The molecule has 1 atom stereocenters. The van der Waals surface area contributed by atoms with Crippen LogP contribution in [0, 0.1) is 20.8 Å². The number of rotatable bonds is 5. The fourth-order valence-corrected chi connectivity index (χ4v) is 5.28. The summed E-state index contributed by atoms with van der Waals surface area (Å²) < 4.78 is 11.7. The van der Waals surface area contributed by atoms with Crippen molar-refractivity contribution in [2.24, 2.45) is 0 Å². The monoisotopic (exact) mass is 453 g/mol. The van der Waals surface area contributed by atoms with Gasteiger partial charge >= 0.3 is 0 Å². The molecule has 33 heavy (non-hydrogen) atoms. The minimum absolute atomic E-state index is 0.161. The Labute approximate surface area is 195 Å². The van der Waals surface area contributed by atoms with Crippen LogP contribution < -0.4 is 20.3 Å². The third kappa shape index (κ3) is 4.64. The van der Waals surface area contributed by atoms with Gasteiger partial charge in [-0.25, -0.2) is 0 Å². The molecule has 1 aromatic carbocycles. The molecule has 7 heteroatoms. The number of nitrogens with zero attached hydrogens (tertiary/aromatic N) is 1. The Kier molecular flexibility index (Phi) is 6.52. The van der Waals surface area contributed by atoms with Crippen LogP contribution >= 0.6 is 0 Å². The summed E-state index contributed by atoms with van der Waals surface area (Å²) in [7, 11) is 4.26. The number of pyridine rings is 1. The lowest BCUT2D eigenvalue weighted by Gasteiger charge is -2.33. The molecule has 178 valence electrons. The van der Waals surface area contributed by atoms with Gasteiger partial charge in [0, 0.05) is 41.9 Å². The van der Waals surface area contributed by atoms with Crippen LogP contribution in [0.15, 0.2) is 16.9 Å². The van der Waals surface area contributed by atoms with Crippen LogP contribution in [0.5, 0.6) is 11.5 Å². The lowest BCUT2D eigenvalue weighted by molar-refractivity contribution is 0.0673. The molecule has 1 aliphatic heterocycles. The van der Waals surface area contributed by atoms with Gasteiger partial charge in [0.25, 0.3) is 11.5 Å². The second-order valence-electron chi connectivity index (χ2n) is 9.69. The number of hydrogen-bond donors (Lipinski definition) is 2. The molecule has 7 nitrogen and oxygen atoms in total. The maximum absolute atomic E-state index is 13.5. The number of aromatic nitrogens is 1. The average molecular weight is 454 g/mol. The van der Waals surface area contributed by atoms with Gasteiger partial charge in [0.1, 0.15) is 0 Å². The average Bonchev–Trinajstić information content (AvgIpc) is 3.13. The van der Waals surface area contributed by atoms with E-state index in [1.165, 1.54) is 0 Å². The summed E-state index contributed by atoms with van der Waals surface area (Å²) in [5, 5.41) is 3.00. The van der Waals surface area contributed by atoms with E-state index in [0.717, 1.165) is 48.1 Å². The van der Waals surface area contributed by atoms with Crippen LogP contribution in [-0.2, 0) is 6.54 Å². The van der Waals surface area contributed by atoms with Gasteiger partial charge < -0.3 is 24.7 Å². The number of hydrogen-bond acceptors (Lipinski definition) is 5. The smallest absolute Gasteiger partial charge is 0.253 e. The molecule has 0 saturated heterocycles. The molecule has 0 bridgehead atoms. The van der Waals surface area contributed by atoms with Crippen molar-refractivity contribution in [2.45, 2.75) is 78.2 Å². The van der Waals surface area contributed by atoms with Gasteiger partial charge in [0.15, 0.2) is 11.5 Å². The normalized spacial score (nSPS) is 22.0. The van der Waals surface area contributed by atoms with Gasteiger partial charge in [-0.05, 0) is 89.7 Å². The summed E-state index contributed by atoms with van der Waals surface area (Å²) in [4.78, 5) is 31.0. The third-order valence-corrected chi connectivity index (χ3v) is 7.10. The number of aryl methyl sites for hydroxylation is 2. The Morgan fingerprint density at radius 3 is 2.45 bits per heavy atom. The molecule has 1 aromatic heterocycles. The van der Waals surface area contributed by atoms with E-state index in [1.807, 2.05) is 39.8 Å². The summed E-state index contributed by atoms with van der Waals surface area (Å²) in [6, 6.07) is 4.50. The maximum atomic E-state index is 13.5. The molecule has 1 saturated carbocycles. The van der Waals surface area contributed by atoms with Gasteiger partial charge in [-0.15, -0.1) is 0 Å². The van der Waals surface area contributed by atoms with E-state index in [2.05, 4.69) is 29.3 Å². The SMILES string of the molecule is Cc1cc(C)c(CNC(=O)c2c(C)c3c(cc2[C@H]2CC[C@H](N(C)C)CC2)OC(C)O3)c(=O)[nH]1. The van der Waals surface area contributed by atoms with Crippen LogP contribution in [0.1, 0.15) is 76.8 Å². The molecule has 1 fully saturated rings. The van der Waals surface area contributed by atoms with Crippen LogP contribution in [0.2, 0.25) is 0 Å². The van der Waals surface area contributed by atoms with Gasteiger partial charge in [-0.1, -0.05) is 0 Å². The van der Waals surface area contributed by atoms with E-state index in [1.54, 1.807) is 0 Å². The highest BCUT2D eigenvalue weighted by Crippen LogP contribution is 2.45. The molecule has 2 N–H and O–H groups in total. The predicted molar refractivity (Wildman–Crippen MR) is 128 cm³/mol. The Morgan fingerprint density at radius 2 is 1.82 bits per heavy atom. The number of ether oxygens (including phenoxy) is 2. The first kappa shape index (κ1) is 23.4. The molecule has 2 heterocycles. The fourth-order valence-electron chi connectivity index (χ4n) is 5.28. The summed E-state index contributed by atoms with van der Waals surface area (Å²) in [6.07, 6.45) is 3.87. The molecular weight excluding hydrogens is 418 g/mol. The Morgan fingerprint density at radius 1 is 1.12 bits per heavy atom.